The van der Waals surface area contributed by atoms with Gasteiger partial charge in [-0.1, -0.05) is 12.1 Å². The van der Waals surface area contributed by atoms with E-state index in [0.29, 0.717) is 22.6 Å². The van der Waals surface area contributed by atoms with Gasteiger partial charge in [0.05, 0.1) is 20.3 Å². The van der Waals surface area contributed by atoms with Gasteiger partial charge in [0.25, 0.3) is 5.91 Å². The van der Waals surface area contributed by atoms with Crippen LogP contribution in [0.4, 0.5) is 0 Å². The predicted octanol–water partition coefficient (Wildman–Crippen LogP) is 3.42. The molecule has 2 unspecified atom stereocenters. The van der Waals surface area contributed by atoms with E-state index in [1.807, 2.05) is 30.5 Å². The maximum absolute atomic E-state index is 13.0. The Morgan fingerprint density at radius 1 is 1.11 bits per heavy atom. The van der Waals surface area contributed by atoms with E-state index in [9.17, 15) is 14.7 Å². The number of amides is 1. The first-order valence-electron chi connectivity index (χ1n) is 8.32. The number of thioether (sulfide) groups is 1. The second-order valence-electron chi connectivity index (χ2n) is 6.24. The first-order valence-corrected chi connectivity index (χ1v) is 9.55. The van der Waals surface area contributed by atoms with Crippen LogP contribution in [0.15, 0.2) is 41.3 Å². The third-order valence-electron chi connectivity index (χ3n) is 4.90. The van der Waals surface area contributed by atoms with E-state index in [0.717, 1.165) is 10.5 Å². The van der Waals surface area contributed by atoms with Gasteiger partial charge in [-0.25, -0.2) is 0 Å². The number of aliphatic carboxylic acids is 1. The fourth-order valence-electron chi connectivity index (χ4n) is 3.53. The van der Waals surface area contributed by atoms with Crippen LogP contribution >= 0.6 is 11.8 Å². The van der Waals surface area contributed by atoms with Gasteiger partial charge in [-0.3, -0.25) is 9.59 Å². The van der Waals surface area contributed by atoms with Crippen molar-refractivity contribution in [2.75, 3.05) is 27.5 Å². The number of ether oxygens (including phenoxy) is 2. The summed E-state index contributed by atoms with van der Waals surface area (Å²) in [6, 6.07) is 10.2. The maximum atomic E-state index is 13.0. The van der Waals surface area contributed by atoms with Crippen molar-refractivity contribution in [1.82, 2.24) is 4.90 Å². The van der Waals surface area contributed by atoms with Crippen LogP contribution in [0.1, 0.15) is 33.4 Å². The summed E-state index contributed by atoms with van der Waals surface area (Å²) in [4.78, 5) is 27.8. The molecule has 1 aliphatic rings. The van der Waals surface area contributed by atoms with Crippen LogP contribution in [0.2, 0.25) is 0 Å². The number of likely N-dealkylation sites (N-methyl/N-ethyl adjacent to an activating group) is 1. The normalized spacial score (nSPS) is 18.8. The molecule has 2 atom stereocenters. The van der Waals surface area contributed by atoms with Gasteiger partial charge in [0.2, 0.25) is 0 Å². The van der Waals surface area contributed by atoms with Gasteiger partial charge in [0.1, 0.15) is 5.92 Å². The Morgan fingerprint density at radius 2 is 1.70 bits per heavy atom. The first-order chi connectivity index (χ1) is 12.9. The number of benzene rings is 2. The molecule has 0 saturated heterocycles. The Kier molecular flexibility index (Phi) is 5.32. The molecule has 1 aliphatic heterocycles. The zero-order chi connectivity index (χ0) is 19.7. The summed E-state index contributed by atoms with van der Waals surface area (Å²) in [5, 5.41) is 10.00. The number of carboxylic acid groups (broad SMARTS) is 1. The Balaban J connectivity index is 2.19. The van der Waals surface area contributed by atoms with Gasteiger partial charge < -0.3 is 19.5 Å². The highest BCUT2D eigenvalue weighted by atomic mass is 32.2. The maximum Gasteiger partial charge on any atom is 0.313 e. The molecule has 0 fully saturated rings. The topological polar surface area (TPSA) is 76.1 Å². The molecule has 1 heterocycles. The summed E-state index contributed by atoms with van der Waals surface area (Å²) in [6.45, 7) is 0. The number of carboxylic acids is 1. The minimum absolute atomic E-state index is 0.248. The number of nitrogens with zero attached hydrogens (tertiary/aromatic N) is 1. The van der Waals surface area contributed by atoms with Crippen molar-refractivity contribution in [2.24, 2.45) is 0 Å². The van der Waals surface area contributed by atoms with E-state index in [1.54, 1.807) is 30.9 Å². The molecule has 2 aromatic rings. The molecule has 2 aromatic carbocycles. The lowest BCUT2D eigenvalue weighted by molar-refractivity contribution is -0.140. The number of hydrogen-bond donors (Lipinski definition) is 1. The summed E-state index contributed by atoms with van der Waals surface area (Å²) in [5.41, 5.74) is 1.53. The number of hydrogen-bond acceptors (Lipinski definition) is 5. The van der Waals surface area contributed by atoms with E-state index in [4.69, 9.17) is 9.47 Å². The van der Waals surface area contributed by atoms with E-state index >= 15 is 0 Å². The fourth-order valence-corrected chi connectivity index (χ4v) is 3.94. The Hall–Kier alpha value is -2.67. The quantitative estimate of drug-likeness (QED) is 0.793. The number of carbonyl (C=O) groups is 2. The first kappa shape index (κ1) is 19.1. The molecule has 27 heavy (non-hydrogen) atoms. The van der Waals surface area contributed by atoms with Gasteiger partial charge in [0.15, 0.2) is 11.5 Å². The second kappa shape index (κ2) is 7.52. The number of fused-ring (bicyclic) bond motifs is 1. The van der Waals surface area contributed by atoms with Crippen molar-refractivity contribution in [2.45, 2.75) is 16.9 Å². The third-order valence-corrected chi connectivity index (χ3v) is 5.64. The lowest BCUT2D eigenvalue weighted by Crippen LogP contribution is -2.42. The van der Waals surface area contributed by atoms with E-state index in [1.165, 1.54) is 19.1 Å². The van der Waals surface area contributed by atoms with Crippen LogP contribution in [0.25, 0.3) is 0 Å². The van der Waals surface area contributed by atoms with Crippen molar-refractivity contribution < 1.29 is 24.2 Å². The SMILES string of the molecule is COc1cc2c(cc1OC)C(C(=O)O)C(c1ccc(SC)cc1)N(C)C2=O. The summed E-state index contributed by atoms with van der Waals surface area (Å²) in [6.07, 6.45) is 1.97. The molecule has 0 radical (unpaired) electrons. The number of methoxy groups -OCH3 is 2. The standard InChI is InChI=1S/C20H21NO5S/c1-21-18(11-5-7-12(27-4)8-6-11)17(20(23)24)13-9-15(25-2)16(26-3)10-14(13)19(21)22/h5-10,17-18H,1-4H3,(H,23,24). The van der Waals surface area contributed by atoms with Gasteiger partial charge in [-0.05, 0) is 41.6 Å². The highest BCUT2D eigenvalue weighted by Gasteiger charge is 2.43. The molecule has 0 aromatic heterocycles. The van der Waals surface area contributed by atoms with Crippen LogP contribution in [0.5, 0.6) is 11.5 Å². The zero-order valence-electron chi connectivity index (χ0n) is 15.6. The summed E-state index contributed by atoms with van der Waals surface area (Å²) in [7, 11) is 4.59. The monoisotopic (exact) mass is 387 g/mol. The van der Waals surface area contributed by atoms with Crippen molar-refractivity contribution in [3.05, 3.63) is 53.1 Å². The molecule has 0 spiro atoms. The Morgan fingerprint density at radius 3 is 2.22 bits per heavy atom. The van der Waals surface area contributed by atoms with E-state index < -0.39 is 17.9 Å². The van der Waals surface area contributed by atoms with E-state index in [-0.39, 0.29) is 5.91 Å². The molecule has 1 N–H and O–H groups in total. The highest BCUT2D eigenvalue weighted by Crippen LogP contribution is 2.45. The molecule has 0 saturated carbocycles. The lowest BCUT2D eigenvalue weighted by atomic mass is 9.80. The molecule has 0 bridgehead atoms. The van der Waals surface area contributed by atoms with Crippen LogP contribution in [0, 0.1) is 0 Å². The van der Waals surface area contributed by atoms with Crippen LogP contribution in [-0.4, -0.2) is 49.4 Å². The van der Waals surface area contributed by atoms with Crippen LogP contribution < -0.4 is 9.47 Å². The fraction of sp³-hybridized carbons (Fsp3) is 0.300. The van der Waals surface area contributed by atoms with E-state index in [2.05, 4.69) is 0 Å². The van der Waals surface area contributed by atoms with Crippen molar-refractivity contribution in [1.29, 1.82) is 0 Å². The molecule has 3 rings (SSSR count). The molecule has 1 amide bonds. The molecular weight excluding hydrogens is 366 g/mol. The summed E-state index contributed by atoms with van der Waals surface area (Å²) < 4.78 is 10.6. The minimum Gasteiger partial charge on any atom is -0.493 e. The summed E-state index contributed by atoms with van der Waals surface area (Å²) >= 11 is 1.60. The second-order valence-corrected chi connectivity index (χ2v) is 7.12. The minimum atomic E-state index is -0.998. The van der Waals surface area contributed by atoms with Gasteiger partial charge in [-0.2, -0.15) is 0 Å². The molecule has 7 heteroatoms. The Labute approximate surface area is 162 Å². The lowest BCUT2D eigenvalue weighted by Gasteiger charge is -2.39. The summed E-state index contributed by atoms with van der Waals surface area (Å²) in [5.74, 6) is -1.37. The average molecular weight is 387 g/mol. The van der Waals surface area contributed by atoms with Crippen molar-refractivity contribution in [3.63, 3.8) is 0 Å². The smallest absolute Gasteiger partial charge is 0.313 e. The number of carbonyl (C=O) groups excluding carboxylic acids is 1. The third kappa shape index (κ3) is 3.23. The highest BCUT2D eigenvalue weighted by molar-refractivity contribution is 7.98. The molecular formula is C20H21NO5S. The molecule has 6 nitrogen and oxygen atoms in total. The van der Waals surface area contributed by atoms with Crippen molar-refractivity contribution >= 4 is 23.6 Å². The molecule has 142 valence electrons. The Bertz CT molecular complexity index is 881. The molecule has 0 aliphatic carbocycles. The van der Waals surface area contributed by atoms with Gasteiger partial charge >= 0.3 is 5.97 Å². The van der Waals surface area contributed by atoms with Gasteiger partial charge in [-0.15, -0.1) is 11.8 Å². The predicted molar refractivity (Wildman–Crippen MR) is 103 cm³/mol. The number of rotatable bonds is 5. The zero-order valence-corrected chi connectivity index (χ0v) is 16.4. The largest absolute Gasteiger partial charge is 0.493 e. The van der Waals surface area contributed by atoms with Crippen LogP contribution in [0.3, 0.4) is 0 Å². The van der Waals surface area contributed by atoms with Crippen molar-refractivity contribution in [3.8, 4) is 11.5 Å². The average Bonchev–Trinajstić information content (AvgIpc) is 2.69. The van der Waals surface area contributed by atoms with Crippen LogP contribution in [-0.2, 0) is 4.79 Å². The van der Waals surface area contributed by atoms with Gasteiger partial charge in [0, 0.05) is 17.5 Å².